The first-order valence-electron chi connectivity index (χ1n) is 31.9. The molecule has 0 saturated carbocycles. The summed E-state index contributed by atoms with van der Waals surface area (Å²) in [6.07, 6.45) is 57.2. The SMILES string of the molecule is CC/C=C\C/C=C\C/C=C\C/C=C\CCCCC(=O)OCC(COC1OC(C(=O)O)C(O)C(O)C1OC(=O)CCCCCCCCCCCCCCCCCCCCC)OC(=O)CCCCCCC/C=C\C/C=C\CCCCC. The molecule has 12 heteroatoms. The smallest absolute Gasteiger partial charge is 0.335 e. The number of carbonyl (C=O) groups excluding carboxylic acids is 3. The number of carboxylic acid groups (broad SMARTS) is 1. The monoisotopic (exact) mass is 1110 g/mol. The fraction of sp³-hybridized carbons (Fsp3) is 0.761. The standard InChI is InChI=1S/C67H114O12/c1-4-7-10-13-16-19-22-25-28-29-30-31-34-37-40-43-46-49-52-55-61(70)78-65-63(72)62(71)64(66(73)74)79-67(65)76-57-58(77-60(69)54-51-48-45-42-39-36-33-27-24-21-18-15-12-9-6-3)56-75-59(68)53-50-47-44-41-38-35-32-26-23-20-17-14-11-8-5-2/h8,11,17-18,20-21,26-27,32-33,38,41,58,62-65,67,71-72H,4-7,9-10,12-16,19,22-25,28-31,34-37,39-40,42-57H2,1-3H3,(H,73,74)/b11-8-,20-17-,21-18-,32-26-,33-27-,41-38-. The molecule has 1 heterocycles. The van der Waals surface area contributed by atoms with Gasteiger partial charge < -0.3 is 39.0 Å². The molecule has 79 heavy (non-hydrogen) atoms. The Bertz CT molecular complexity index is 1650. The van der Waals surface area contributed by atoms with Gasteiger partial charge in [0, 0.05) is 19.3 Å². The van der Waals surface area contributed by atoms with Crippen molar-refractivity contribution in [3.05, 3.63) is 72.9 Å². The Balaban J connectivity index is 2.68. The lowest BCUT2D eigenvalue weighted by Gasteiger charge is -2.40. The Morgan fingerprint density at radius 3 is 1.27 bits per heavy atom. The zero-order chi connectivity index (χ0) is 57.5. The number of unbranched alkanes of at least 4 members (excludes halogenated alkanes) is 28. The highest BCUT2D eigenvalue weighted by Crippen LogP contribution is 2.27. The molecule has 6 unspecified atom stereocenters. The zero-order valence-electron chi connectivity index (χ0n) is 50.1. The summed E-state index contributed by atoms with van der Waals surface area (Å²) in [5.41, 5.74) is 0. The van der Waals surface area contributed by atoms with Crippen molar-refractivity contribution in [1.29, 1.82) is 0 Å². The highest BCUT2D eigenvalue weighted by atomic mass is 16.7. The van der Waals surface area contributed by atoms with Gasteiger partial charge in [-0.05, 0) is 89.9 Å². The van der Waals surface area contributed by atoms with Crippen LogP contribution < -0.4 is 0 Å². The largest absolute Gasteiger partial charge is 0.479 e. The van der Waals surface area contributed by atoms with E-state index >= 15 is 0 Å². The fourth-order valence-corrected chi connectivity index (χ4v) is 9.39. The normalized spacial score (nSPS) is 18.3. The zero-order valence-corrected chi connectivity index (χ0v) is 50.1. The van der Waals surface area contributed by atoms with Crippen LogP contribution in [0.3, 0.4) is 0 Å². The molecule has 1 aliphatic rings. The Morgan fingerprint density at radius 2 is 0.797 bits per heavy atom. The first-order valence-corrected chi connectivity index (χ1v) is 31.9. The molecule has 0 amide bonds. The molecule has 12 nitrogen and oxygen atoms in total. The second kappa shape index (κ2) is 54.7. The third-order valence-corrected chi connectivity index (χ3v) is 14.3. The molecule has 6 atom stereocenters. The summed E-state index contributed by atoms with van der Waals surface area (Å²) < 4.78 is 28.5. The lowest BCUT2D eigenvalue weighted by Crippen LogP contribution is -2.61. The van der Waals surface area contributed by atoms with Gasteiger partial charge in [-0.15, -0.1) is 0 Å². The fourth-order valence-electron chi connectivity index (χ4n) is 9.39. The number of rotatable bonds is 54. The van der Waals surface area contributed by atoms with Gasteiger partial charge in [0.1, 0.15) is 18.8 Å². The van der Waals surface area contributed by atoms with Crippen molar-refractivity contribution in [3.63, 3.8) is 0 Å². The maximum absolute atomic E-state index is 13.2. The molecule has 1 aliphatic heterocycles. The topological polar surface area (TPSA) is 175 Å². The number of aliphatic carboxylic acids is 1. The molecule has 0 radical (unpaired) electrons. The number of allylic oxidation sites excluding steroid dienone is 12. The number of carboxylic acids is 1. The lowest BCUT2D eigenvalue weighted by molar-refractivity contribution is -0.301. The number of aliphatic hydroxyl groups is 2. The van der Waals surface area contributed by atoms with Crippen LogP contribution >= 0.6 is 0 Å². The molecule has 0 aromatic heterocycles. The van der Waals surface area contributed by atoms with Gasteiger partial charge >= 0.3 is 23.9 Å². The number of ether oxygens (including phenoxy) is 5. The van der Waals surface area contributed by atoms with Crippen LogP contribution in [0.15, 0.2) is 72.9 Å². The summed E-state index contributed by atoms with van der Waals surface area (Å²) in [5.74, 6) is -3.18. The minimum Gasteiger partial charge on any atom is -0.479 e. The van der Waals surface area contributed by atoms with E-state index in [1.807, 2.05) is 0 Å². The summed E-state index contributed by atoms with van der Waals surface area (Å²) in [6, 6.07) is 0. The Morgan fingerprint density at radius 1 is 0.430 bits per heavy atom. The van der Waals surface area contributed by atoms with Gasteiger partial charge in [-0.25, -0.2) is 4.79 Å². The molecule has 0 aliphatic carbocycles. The van der Waals surface area contributed by atoms with Crippen molar-refractivity contribution in [2.45, 2.75) is 314 Å². The van der Waals surface area contributed by atoms with E-state index in [2.05, 4.69) is 93.7 Å². The van der Waals surface area contributed by atoms with Crippen LogP contribution in [0.25, 0.3) is 0 Å². The van der Waals surface area contributed by atoms with Gasteiger partial charge in [0.2, 0.25) is 0 Å². The predicted octanol–water partition coefficient (Wildman–Crippen LogP) is 16.9. The molecule has 0 aromatic rings. The molecule has 0 aromatic carbocycles. The van der Waals surface area contributed by atoms with Crippen molar-refractivity contribution in [1.82, 2.24) is 0 Å². The minimum atomic E-state index is -1.91. The van der Waals surface area contributed by atoms with Gasteiger partial charge in [-0.2, -0.15) is 0 Å². The van der Waals surface area contributed by atoms with E-state index in [4.69, 9.17) is 23.7 Å². The molecule has 0 spiro atoms. The second-order valence-corrected chi connectivity index (χ2v) is 21.7. The maximum Gasteiger partial charge on any atom is 0.335 e. The number of hydrogen-bond donors (Lipinski definition) is 3. The molecule has 1 rings (SSSR count). The van der Waals surface area contributed by atoms with Crippen LogP contribution in [0.4, 0.5) is 0 Å². The minimum absolute atomic E-state index is 0.0566. The number of aliphatic hydroxyl groups excluding tert-OH is 2. The van der Waals surface area contributed by atoms with E-state index < -0.39 is 67.3 Å². The van der Waals surface area contributed by atoms with Gasteiger partial charge in [0.15, 0.2) is 24.6 Å². The lowest BCUT2D eigenvalue weighted by atomic mass is 9.98. The Hall–Kier alpha value is -3.84. The van der Waals surface area contributed by atoms with Crippen molar-refractivity contribution < 1.29 is 58.2 Å². The first kappa shape index (κ1) is 73.2. The Labute approximate surface area is 480 Å². The summed E-state index contributed by atoms with van der Waals surface area (Å²) >= 11 is 0. The molecule has 1 fully saturated rings. The Kier molecular flexibility index (Phi) is 50.7. The van der Waals surface area contributed by atoms with E-state index in [0.29, 0.717) is 19.3 Å². The van der Waals surface area contributed by atoms with Crippen LogP contribution in [0.1, 0.15) is 278 Å². The van der Waals surface area contributed by atoms with Crippen molar-refractivity contribution in [2.75, 3.05) is 13.2 Å². The summed E-state index contributed by atoms with van der Waals surface area (Å²) in [5, 5.41) is 31.6. The summed E-state index contributed by atoms with van der Waals surface area (Å²) in [6.45, 7) is 5.83. The summed E-state index contributed by atoms with van der Waals surface area (Å²) in [4.78, 5) is 51.2. The molecule has 454 valence electrons. The quantitative estimate of drug-likeness (QED) is 0.0228. The first-order chi connectivity index (χ1) is 38.6. The second-order valence-electron chi connectivity index (χ2n) is 21.7. The molecule has 1 saturated heterocycles. The number of hydrogen-bond acceptors (Lipinski definition) is 11. The average molecular weight is 1110 g/mol. The molecular weight excluding hydrogens is 997 g/mol. The van der Waals surface area contributed by atoms with Crippen molar-refractivity contribution in [3.8, 4) is 0 Å². The van der Waals surface area contributed by atoms with Gasteiger partial charge in [0.05, 0.1) is 6.61 Å². The molecular formula is C67H114O12. The van der Waals surface area contributed by atoms with E-state index in [9.17, 15) is 34.5 Å². The van der Waals surface area contributed by atoms with Crippen LogP contribution in [-0.4, -0.2) is 89.2 Å². The van der Waals surface area contributed by atoms with Crippen LogP contribution in [0.5, 0.6) is 0 Å². The molecule has 0 bridgehead atoms. The van der Waals surface area contributed by atoms with Gasteiger partial charge in [0.25, 0.3) is 0 Å². The third kappa shape index (κ3) is 44.5. The van der Waals surface area contributed by atoms with Crippen molar-refractivity contribution in [2.24, 2.45) is 0 Å². The average Bonchev–Trinajstić information content (AvgIpc) is 3.46. The van der Waals surface area contributed by atoms with Gasteiger partial charge in [-0.1, -0.05) is 241 Å². The molecule has 3 N–H and O–H groups in total. The highest BCUT2D eigenvalue weighted by Gasteiger charge is 2.50. The highest BCUT2D eigenvalue weighted by molar-refractivity contribution is 5.74. The van der Waals surface area contributed by atoms with Crippen LogP contribution in [0, 0.1) is 0 Å². The maximum atomic E-state index is 13.2. The van der Waals surface area contributed by atoms with E-state index in [0.717, 1.165) is 109 Å². The van der Waals surface area contributed by atoms with Crippen molar-refractivity contribution >= 4 is 23.9 Å². The van der Waals surface area contributed by atoms with E-state index in [1.54, 1.807) is 0 Å². The van der Waals surface area contributed by atoms with Crippen LogP contribution in [-0.2, 0) is 42.9 Å². The predicted molar refractivity (Wildman–Crippen MR) is 322 cm³/mol. The third-order valence-electron chi connectivity index (χ3n) is 14.3. The van der Waals surface area contributed by atoms with E-state index in [1.165, 1.54) is 109 Å². The summed E-state index contributed by atoms with van der Waals surface area (Å²) in [7, 11) is 0. The van der Waals surface area contributed by atoms with Crippen LogP contribution in [0.2, 0.25) is 0 Å². The number of esters is 3. The van der Waals surface area contributed by atoms with E-state index in [-0.39, 0.29) is 25.9 Å². The van der Waals surface area contributed by atoms with Gasteiger partial charge in [-0.3, -0.25) is 14.4 Å². The number of carbonyl (C=O) groups is 4.